The van der Waals surface area contributed by atoms with Crippen LogP contribution < -0.4 is 0 Å². The first-order valence-corrected chi connectivity index (χ1v) is 23.6. The second kappa shape index (κ2) is 47.5. The van der Waals surface area contributed by atoms with Crippen LogP contribution in [0.15, 0.2) is 122 Å². The smallest absolute Gasteiger partial charge is 0.306 e. The molecule has 0 heterocycles. The molecular weight excluding hydrogens is 745 g/mol. The molecule has 0 aromatic rings. The van der Waals surface area contributed by atoms with Crippen LogP contribution >= 0.6 is 0 Å². The Labute approximate surface area is 367 Å². The van der Waals surface area contributed by atoms with Crippen LogP contribution in [-0.2, 0) is 28.6 Å². The maximum atomic E-state index is 12.7. The van der Waals surface area contributed by atoms with Crippen LogP contribution in [0, 0.1) is 0 Å². The number of esters is 3. The van der Waals surface area contributed by atoms with Crippen LogP contribution in [0.2, 0.25) is 0 Å². The first-order valence-electron chi connectivity index (χ1n) is 23.6. The van der Waals surface area contributed by atoms with Crippen molar-refractivity contribution >= 4 is 17.9 Å². The van der Waals surface area contributed by atoms with Gasteiger partial charge < -0.3 is 14.2 Å². The summed E-state index contributed by atoms with van der Waals surface area (Å²) < 4.78 is 16.6. The molecule has 336 valence electrons. The van der Waals surface area contributed by atoms with Gasteiger partial charge in [0.15, 0.2) is 6.10 Å². The molecule has 0 radical (unpaired) electrons. The fourth-order valence-corrected chi connectivity index (χ4v) is 5.87. The van der Waals surface area contributed by atoms with E-state index in [1.54, 1.807) is 0 Å². The van der Waals surface area contributed by atoms with E-state index in [1.165, 1.54) is 64.2 Å². The molecule has 0 spiro atoms. The largest absolute Gasteiger partial charge is 0.462 e. The van der Waals surface area contributed by atoms with E-state index in [4.69, 9.17) is 14.2 Å². The quantitative estimate of drug-likeness (QED) is 0.0201. The number of hydrogen-bond donors (Lipinski definition) is 0. The second-order valence-corrected chi connectivity index (χ2v) is 15.0. The van der Waals surface area contributed by atoms with Crippen LogP contribution in [0.1, 0.15) is 181 Å². The summed E-state index contributed by atoms with van der Waals surface area (Å²) in [5.74, 6) is -1.10. The SMILES string of the molecule is CC/C=C/C=C/C=C/C=C/C=C/CCCC(=O)OC(COC(=O)CC/C=C/C/C=C/C/C=C/C/C=C/C/C=C/CC)COC(=O)CCCCCCCCCCCCCCC. The van der Waals surface area contributed by atoms with Crippen LogP contribution in [0.25, 0.3) is 0 Å². The van der Waals surface area contributed by atoms with E-state index in [9.17, 15) is 14.4 Å². The summed E-state index contributed by atoms with van der Waals surface area (Å²) >= 11 is 0. The Kier molecular flexibility index (Phi) is 44.2. The normalized spacial score (nSPS) is 13.2. The van der Waals surface area contributed by atoms with Gasteiger partial charge in [0.2, 0.25) is 0 Å². The number of carbonyl (C=O) groups is 3. The van der Waals surface area contributed by atoms with Gasteiger partial charge in [-0.3, -0.25) is 14.4 Å². The van der Waals surface area contributed by atoms with Crippen molar-refractivity contribution in [3.05, 3.63) is 122 Å². The van der Waals surface area contributed by atoms with Gasteiger partial charge in [0.05, 0.1) is 0 Å². The summed E-state index contributed by atoms with van der Waals surface area (Å²) in [7, 11) is 0. The highest BCUT2D eigenvalue weighted by Gasteiger charge is 2.19. The fourth-order valence-electron chi connectivity index (χ4n) is 5.87. The molecule has 0 bridgehead atoms. The van der Waals surface area contributed by atoms with Crippen molar-refractivity contribution < 1.29 is 28.6 Å². The molecule has 0 fully saturated rings. The van der Waals surface area contributed by atoms with Gasteiger partial charge in [-0.05, 0) is 64.2 Å². The third-order valence-electron chi connectivity index (χ3n) is 9.35. The average Bonchev–Trinajstić information content (AvgIpc) is 3.24. The van der Waals surface area contributed by atoms with Crippen molar-refractivity contribution in [1.29, 1.82) is 0 Å². The van der Waals surface area contributed by atoms with E-state index in [-0.39, 0.29) is 38.0 Å². The molecule has 0 aliphatic rings. The zero-order valence-corrected chi connectivity index (χ0v) is 38.2. The van der Waals surface area contributed by atoms with Gasteiger partial charge in [-0.25, -0.2) is 0 Å². The lowest BCUT2D eigenvalue weighted by atomic mass is 10.0. The van der Waals surface area contributed by atoms with Crippen molar-refractivity contribution in [1.82, 2.24) is 0 Å². The Balaban J connectivity index is 4.62. The van der Waals surface area contributed by atoms with E-state index < -0.39 is 12.1 Å². The minimum Gasteiger partial charge on any atom is -0.462 e. The number of carbonyl (C=O) groups excluding carboxylic acids is 3. The van der Waals surface area contributed by atoms with Crippen LogP contribution in [0.3, 0.4) is 0 Å². The van der Waals surface area contributed by atoms with Gasteiger partial charge in [0.1, 0.15) is 13.2 Å². The molecule has 0 aromatic heterocycles. The van der Waals surface area contributed by atoms with Crippen molar-refractivity contribution in [3.8, 4) is 0 Å². The summed E-state index contributed by atoms with van der Waals surface area (Å²) in [5, 5.41) is 0. The molecule has 0 aromatic carbocycles. The Morgan fingerprint density at radius 1 is 0.367 bits per heavy atom. The lowest BCUT2D eigenvalue weighted by Gasteiger charge is -2.18. The van der Waals surface area contributed by atoms with Gasteiger partial charge >= 0.3 is 17.9 Å². The number of hydrogen-bond acceptors (Lipinski definition) is 6. The Morgan fingerprint density at radius 2 is 0.767 bits per heavy atom. The minimum absolute atomic E-state index is 0.132. The van der Waals surface area contributed by atoms with Gasteiger partial charge in [-0.15, -0.1) is 0 Å². The number of unbranched alkanes of at least 4 members (excludes halogenated alkanes) is 13. The molecule has 0 saturated carbocycles. The predicted molar refractivity (Wildman–Crippen MR) is 256 cm³/mol. The van der Waals surface area contributed by atoms with E-state index in [2.05, 4.69) is 75.5 Å². The first kappa shape index (κ1) is 55.8. The molecule has 1 unspecified atom stereocenters. The molecule has 60 heavy (non-hydrogen) atoms. The zero-order chi connectivity index (χ0) is 43.7. The lowest BCUT2D eigenvalue weighted by molar-refractivity contribution is -0.166. The number of allylic oxidation sites excluding steroid dienone is 20. The van der Waals surface area contributed by atoms with Crippen LogP contribution in [0.5, 0.6) is 0 Å². The summed E-state index contributed by atoms with van der Waals surface area (Å²) in [4.78, 5) is 37.8. The predicted octanol–water partition coefficient (Wildman–Crippen LogP) is 15.4. The van der Waals surface area contributed by atoms with E-state index in [0.717, 1.165) is 57.8 Å². The Hall–Kier alpha value is -4.19. The zero-order valence-electron chi connectivity index (χ0n) is 38.2. The van der Waals surface area contributed by atoms with E-state index in [0.29, 0.717) is 25.7 Å². The summed E-state index contributed by atoms with van der Waals surface area (Å²) in [6.45, 7) is 6.22. The standard InChI is InChI=1S/C54H84O6/c1-4-7-10-13-16-19-22-25-26-27-30-32-35-38-41-44-47-53(56)59-50-51(60-54(57)48-45-42-39-36-33-29-24-21-18-15-12-9-6-3)49-58-52(55)46-43-40-37-34-31-28-23-20-17-14-11-8-5-2/h7,9-10,12,15-16,18-19,21,24-26,29-30,32-33,36,38-39,41,51H,4-6,8,11,13-14,17,20,22-23,27-28,31,34-35,37,40,42-50H2,1-3H3/b10-7+,12-9+,18-15+,19-16+,24-21+,26-25+,32-30+,33-29+,39-36+,41-38+. The molecule has 0 rings (SSSR count). The Bertz CT molecular complexity index is 1320. The highest BCUT2D eigenvalue weighted by molar-refractivity contribution is 5.71. The number of ether oxygens (including phenoxy) is 3. The highest BCUT2D eigenvalue weighted by atomic mass is 16.6. The molecule has 0 N–H and O–H groups in total. The van der Waals surface area contributed by atoms with E-state index >= 15 is 0 Å². The molecule has 0 saturated heterocycles. The summed E-state index contributed by atoms with van der Waals surface area (Å²) in [6.07, 6.45) is 64.9. The van der Waals surface area contributed by atoms with Gasteiger partial charge in [-0.2, -0.15) is 0 Å². The average molecular weight is 829 g/mol. The van der Waals surface area contributed by atoms with Crippen LogP contribution in [0.4, 0.5) is 0 Å². The second-order valence-electron chi connectivity index (χ2n) is 15.0. The fraction of sp³-hybridized carbons (Fsp3) is 0.574. The molecule has 0 aliphatic carbocycles. The Morgan fingerprint density at radius 3 is 1.27 bits per heavy atom. The maximum absolute atomic E-state index is 12.7. The van der Waals surface area contributed by atoms with Crippen molar-refractivity contribution in [2.45, 2.75) is 187 Å². The number of rotatable bonds is 40. The first-order chi connectivity index (χ1) is 29.5. The maximum Gasteiger partial charge on any atom is 0.306 e. The topological polar surface area (TPSA) is 78.9 Å². The van der Waals surface area contributed by atoms with Gasteiger partial charge in [0, 0.05) is 19.3 Å². The van der Waals surface area contributed by atoms with Crippen LogP contribution in [-0.4, -0.2) is 37.2 Å². The molecular formula is C54H84O6. The summed E-state index contributed by atoms with van der Waals surface area (Å²) in [6, 6.07) is 0. The lowest BCUT2D eigenvalue weighted by Crippen LogP contribution is -2.30. The highest BCUT2D eigenvalue weighted by Crippen LogP contribution is 2.14. The van der Waals surface area contributed by atoms with Gasteiger partial charge in [0.25, 0.3) is 0 Å². The molecule has 6 heteroatoms. The molecule has 1 atom stereocenters. The molecule has 0 amide bonds. The van der Waals surface area contributed by atoms with E-state index in [1.807, 2.05) is 66.8 Å². The van der Waals surface area contributed by atoms with Crippen molar-refractivity contribution in [2.24, 2.45) is 0 Å². The van der Waals surface area contributed by atoms with Crippen molar-refractivity contribution in [2.75, 3.05) is 13.2 Å². The molecule has 6 nitrogen and oxygen atoms in total. The summed E-state index contributed by atoms with van der Waals surface area (Å²) in [5.41, 5.74) is 0. The monoisotopic (exact) mass is 829 g/mol. The van der Waals surface area contributed by atoms with Crippen molar-refractivity contribution in [3.63, 3.8) is 0 Å². The third kappa shape index (κ3) is 44.9. The van der Waals surface area contributed by atoms with Gasteiger partial charge in [-0.1, -0.05) is 219 Å². The molecule has 0 aliphatic heterocycles. The minimum atomic E-state index is -0.845. The third-order valence-corrected chi connectivity index (χ3v) is 9.35.